The molecule has 96 valence electrons. The first-order valence-corrected chi connectivity index (χ1v) is 6.39. The largest absolute Gasteiger partial charge is 0.397 e. The fraction of sp³-hybridized carbons (Fsp3) is 0.500. The molecule has 1 aromatic carbocycles. The highest BCUT2D eigenvalue weighted by molar-refractivity contribution is 5.68. The van der Waals surface area contributed by atoms with E-state index in [9.17, 15) is 5.11 Å². The molecule has 2 rings (SSSR count). The minimum atomic E-state index is -0.632. The van der Waals surface area contributed by atoms with Crippen LogP contribution in [0.25, 0.3) is 0 Å². The van der Waals surface area contributed by atoms with Gasteiger partial charge in [0.2, 0.25) is 0 Å². The van der Waals surface area contributed by atoms with Gasteiger partial charge in [-0.15, -0.1) is 0 Å². The number of aliphatic hydroxyl groups is 1. The van der Waals surface area contributed by atoms with Gasteiger partial charge in [-0.1, -0.05) is 19.3 Å². The van der Waals surface area contributed by atoms with Gasteiger partial charge in [-0.05, 0) is 31.0 Å². The van der Waals surface area contributed by atoms with Gasteiger partial charge < -0.3 is 16.2 Å². The third-order valence-electron chi connectivity index (χ3n) is 3.57. The summed E-state index contributed by atoms with van der Waals surface area (Å²) in [6, 6.07) is 7.21. The highest BCUT2D eigenvalue weighted by Gasteiger charge is 2.28. The van der Waals surface area contributed by atoms with Crippen LogP contribution in [-0.2, 0) is 0 Å². The molecule has 0 spiro atoms. The van der Waals surface area contributed by atoms with Gasteiger partial charge in [0.25, 0.3) is 0 Å². The number of nitrogens with two attached hydrogens (primary N) is 1. The van der Waals surface area contributed by atoms with Crippen molar-refractivity contribution in [2.24, 2.45) is 0 Å². The molecule has 1 aliphatic rings. The van der Waals surface area contributed by atoms with Gasteiger partial charge in [0.1, 0.15) is 0 Å². The fourth-order valence-corrected chi connectivity index (χ4v) is 2.43. The molecule has 1 aliphatic carbocycles. The second kappa shape index (κ2) is 5.28. The molecule has 4 heteroatoms. The Morgan fingerprint density at radius 3 is 2.72 bits per heavy atom. The van der Waals surface area contributed by atoms with Gasteiger partial charge in [-0.3, -0.25) is 0 Å². The molecular weight excluding hydrogens is 226 g/mol. The molecule has 4 N–H and O–H groups in total. The summed E-state index contributed by atoms with van der Waals surface area (Å²) in [6.07, 6.45) is 5.02. The van der Waals surface area contributed by atoms with Gasteiger partial charge in [0.05, 0.1) is 28.6 Å². The third-order valence-corrected chi connectivity index (χ3v) is 3.57. The zero-order valence-electron chi connectivity index (χ0n) is 10.4. The molecule has 0 aromatic heterocycles. The van der Waals surface area contributed by atoms with E-state index < -0.39 is 5.60 Å². The number of nitrogens with zero attached hydrogens (tertiary/aromatic N) is 1. The maximum atomic E-state index is 10.4. The number of nitrogens with one attached hydrogen (secondary N) is 1. The van der Waals surface area contributed by atoms with Crippen molar-refractivity contribution in [3.05, 3.63) is 23.8 Å². The first-order chi connectivity index (χ1) is 8.63. The number of rotatable bonds is 3. The van der Waals surface area contributed by atoms with Gasteiger partial charge in [0, 0.05) is 6.54 Å². The van der Waals surface area contributed by atoms with Crippen LogP contribution < -0.4 is 11.1 Å². The lowest BCUT2D eigenvalue weighted by Crippen LogP contribution is -2.38. The molecule has 0 saturated heterocycles. The standard InChI is InChI=1S/C14H19N3O/c15-9-11-4-5-12(16)13(8-11)17-10-14(18)6-2-1-3-7-14/h4-5,8,17-18H,1-3,6-7,10,16H2. The van der Waals surface area contributed by atoms with Crippen LogP contribution >= 0.6 is 0 Å². The predicted octanol–water partition coefficient (Wildman–Crippen LogP) is 2.25. The van der Waals surface area contributed by atoms with Crippen molar-refractivity contribution in [2.75, 3.05) is 17.6 Å². The van der Waals surface area contributed by atoms with E-state index in [0.29, 0.717) is 17.8 Å². The first-order valence-electron chi connectivity index (χ1n) is 6.39. The van der Waals surface area contributed by atoms with Gasteiger partial charge in [0.15, 0.2) is 0 Å². The second-order valence-corrected chi connectivity index (χ2v) is 5.05. The Hall–Kier alpha value is -1.73. The topological polar surface area (TPSA) is 82.1 Å². The van der Waals surface area contributed by atoms with E-state index in [2.05, 4.69) is 11.4 Å². The summed E-state index contributed by atoms with van der Waals surface area (Å²) in [5.74, 6) is 0. The quantitative estimate of drug-likeness (QED) is 0.713. The van der Waals surface area contributed by atoms with Gasteiger partial charge in [-0.25, -0.2) is 0 Å². The molecule has 0 aliphatic heterocycles. The first kappa shape index (κ1) is 12.7. The van der Waals surface area contributed by atoms with Crippen LogP contribution in [0.5, 0.6) is 0 Å². The predicted molar refractivity (Wildman–Crippen MR) is 72.1 cm³/mol. The lowest BCUT2D eigenvalue weighted by molar-refractivity contribution is 0.0167. The summed E-state index contributed by atoms with van der Waals surface area (Å²) in [7, 11) is 0. The maximum Gasteiger partial charge on any atom is 0.0992 e. The zero-order valence-corrected chi connectivity index (χ0v) is 10.4. The normalized spacial score (nSPS) is 18.0. The molecule has 1 aromatic rings. The minimum absolute atomic E-state index is 0.492. The molecule has 18 heavy (non-hydrogen) atoms. The summed E-state index contributed by atoms with van der Waals surface area (Å²) in [5.41, 5.74) is 7.12. The van der Waals surface area contributed by atoms with E-state index >= 15 is 0 Å². The molecule has 0 heterocycles. The molecule has 4 nitrogen and oxygen atoms in total. The van der Waals surface area contributed by atoms with E-state index in [4.69, 9.17) is 11.0 Å². The Labute approximate surface area is 107 Å². The number of hydrogen-bond donors (Lipinski definition) is 3. The zero-order chi connectivity index (χ0) is 13.0. The van der Waals surface area contributed by atoms with Crippen LogP contribution in [-0.4, -0.2) is 17.3 Å². The van der Waals surface area contributed by atoms with Gasteiger partial charge in [-0.2, -0.15) is 5.26 Å². The fourth-order valence-electron chi connectivity index (χ4n) is 2.43. The van der Waals surface area contributed by atoms with E-state index in [1.807, 2.05) is 0 Å². The van der Waals surface area contributed by atoms with E-state index in [1.54, 1.807) is 18.2 Å². The van der Waals surface area contributed by atoms with Crippen molar-refractivity contribution in [3.8, 4) is 6.07 Å². The number of nitriles is 1. The smallest absolute Gasteiger partial charge is 0.0992 e. The molecule has 0 radical (unpaired) electrons. The SMILES string of the molecule is N#Cc1ccc(N)c(NCC2(O)CCCCC2)c1. The molecule has 1 fully saturated rings. The Morgan fingerprint density at radius 2 is 2.06 bits per heavy atom. The molecular formula is C14H19N3O. The van der Waals surface area contributed by atoms with Crippen LogP contribution in [0.15, 0.2) is 18.2 Å². The third kappa shape index (κ3) is 2.93. The summed E-state index contributed by atoms with van der Waals surface area (Å²) >= 11 is 0. The Balaban J connectivity index is 2.03. The number of anilines is 2. The van der Waals surface area contributed by atoms with Crippen molar-refractivity contribution >= 4 is 11.4 Å². The van der Waals surface area contributed by atoms with Crippen LogP contribution in [0.3, 0.4) is 0 Å². The highest BCUT2D eigenvalue weighted by atomic mass is 16.3. The molecule has 0 unspecified atom stereocenters. The van der Waals surface area contributed by atoms with Crippen molar-refractivity contribution < 1.29 is 5.11 Å². The number of hydrogen-bond acceptors (Lipinski definition) is 4. The minimum Gasteiger partial charge on any atom is -0.397 e. The van der Waals surface area contributed by atoms with E-state index in [1.165, 1.54) is 6.42 Å². The van der Waals surface area contributed by atoms with Crippen molar-refractivity contribution in [1.29, 1.82) is 5.26 Å². The van der Waals surface area contributed by atoms with Crippen molar-refractivity contribution in [1.82, 2.24) is 0 Å². The average molecular weight is 245 g/mol. The van der Waals surface area contributed by atoms with Crippen molar-refractivity contribution in [2.45, 2.75) is 37.7 Å². The van der Waals surface area contributed by atoms with E-state index in [0.717, 1.165) is 31.4 Å². The van der Waals surface area contributed by atoms with Gasteiger partial charge >= 0.3 is 0 Å². The molecule has 0 bridgehead atoms. The maximum absolute atomic E-state index is 10.4. The Bertz CT molecular complexity index is 459. The van der Waals surface area contributed by atoms with Crippen molar-refractivity contribution in [3.63, 3.8) is 0 Å². The lowest BCUT2D eigenvalue weighted by atomic mass is 9.85. The lowest BCUT2D eigenvalue weighted by Gasteiger charge is -2.32. The summed E-state index contributed by atoms with van der Waals surface area (Å²) in [5, 5.41) is 22.4. The summed E-state index contributed by atoms with van der Waals surface area (Å²) in [6.45, 7) is 0.492. The Morgan fingerprint density at radius 1 is 1.33 bits per heavy atom. The summed E-state index contributed by atoms with van der Waals surface area (Å²) < 4.78 is 0. The van der Waals surface area contributed by atoms with Crippen LogP contribution in [0.1, 0.15) is 37.7 Å². The van der Waals surface area contributed by atoms with Crippen LogP contribution in [0, 0.1) is 11.3 Å². The average Bonchev–Trinajstić information content (AvgIpc) is 2.39. The molecule has 1 saturated carbocycles. The summed E-state index contributed by atoms with van der Waals surface area (Å²) in [4.78, 5) is 0. The molecule has 0 atom stereocenters. The number of benzene rings is 1. The monoisotopic (exact) mass is 245 g/mol. The second-order valence-electron chi connectivity index (χ2n) is 5.05. The highest BCUT2D eigenvalue weighted by Crippen LogP contribution is 2.29. The molecule has 0 amide bonds. The van der Waals surface area contributed by atoms with Crippen LogP contribution in [0.4, 0.5) is 11.4 Å². The van der Waals surface area contributed by atoms with E-state index in [-0.39, 0.29) is 0 Å². The number of nitrogen functional groups attached to an aromatic ring is 1. The van der Waals surface area contributed by atoms with Crippen LogP contribution in [0.2, 0.25) is 0 Å². The Kier molecular flexibility index (Phi) is 3.73.